The van der Waals surface area contributed by atoms with Crippen LogP contribution >= 0.6 is 0 Å². The van der Waals surface area contributed by atoms with Crippen molar-refractivity contribution < 1.29 is 9.53 Å². The van der Waals surface area contributed by atoms with E-state index < -0.39 is 0 Å². The molecule has 136 valence electrons. The first kappa shape index (κ1) is 19.5. The molecule has 0 aliphatic heterocycles. The van der Waals surface area contributed by atoms with Gasteiger partial charge in [-0.2, -0.15) is 5.26 Å². The molecule has 2 aromatic carbocycles. The van der Waals surface area contributed by atoms with Gasteiger partial charge in [-0.3, -0.25) is 4.79 Å². The molecule has 0 fully saturated rings. The molecule has 26 heavy (non-hydrogen) atoms. The minimum atomic E-state index is -0.175. The van der Waals surface area contributed by atoms with Crippen LogP contribution < -0.4 is 10.1 Å². The summed E-state index contributed by atoms with van der Waals surface area (Å²) in [5, 5.41) is 11.7. The largest absolute Gasteiger partial charge is 0.484 e. The zero-order chi connectivity index (χ0) is 18.9. The van der Waals surface area contributed by atoms with Gasteiger partial charge >= 0.3 is 0 Å². The molecule has 0 aliphatic carbocycles. The minimum absolute atomic E-state index is 0.0547. The highest BCUT2D eigenvalue weighted by atomic mass is 16.5. The Morgan fingerprint density at radius 2 is 1.81 bits per heavy atom. The van der Waals surface area contributed by atoms with Crippen molar-refractivity contribution in [2.75, 3.05) is 27.2 Å². The highest BCUT2D eigenvalue weighted by Gasteiger charge is 2.15. The third-order valence-corrected chi connectivity index (χ3v) is 4.24. The lowest BCUT2D eigenvalue weighted by molar-refractivity contribution is -0.123. The molecular weight excluding hydrogens is 326 g/mol. The second-order valence-electron chi connectivity index (χ2n) is 6.30. The molecule has 5 nitrogen and oxygen atoms in total. The van der Waals surface area contributed by atoms with Crippen LogP contribution in [0.3, 0.4) is 0 Å². The average molecular weight is 351 g/mol. The lowest BCUT2D eigenvalue weighted by Gasteiger charge is -2.25. The van der Waals surface area contributed by atoms with Crippen molar-refractivity contribution in [1.82, 2.24) is 10.2 Å². The van der Waals surface area contributed by atoms with Crippen molar-refractivity contribution in [3.8, 4) is 11.8 Å². The van der Waals surface area contributed by atoms with Gasteiger partial charge in [0.25, 0.3) is 5.91 Å². The highest BCUT2D eigenvalue weighted by molar-refractivity contribution is 5.77. The number of aryl methyl sites for hydroxylation is 1. The quantitative estimate of drug-likeness (QED) is 0.794. The Hall–Kier alpha value is -2.84. The molecule has 1 N–H and O–H groups in total. The van der Waals surface area contributed by atoms with E-state index in [0.29, 0.717) is 17.9 Å². The maximum absolute atomic E-state index is 12.1. The van der Waals surface area contributed by atoms with E-state index in [1.165, 1.54) is 11.1 Å². The molecule has 2 aromatic rings. The second-order valence-corrected chi connectivity index (χ2v) is 6.30. The van der Waals surface area contributed by atoms with E-state index in [9.17, 15) is 4.79 Å². The van der Waals surface area contributed by atoms with Crippen LogP contribution in [0.4, 0.5) is 0 Å². The molecule has 1 amide bonds. The van der Waals surface area contributed by atoms with Gasteiger partial charge < -0.3 is 15.0 Å². The maximum Gasteiger partial charge on any atom is 0.258 e. The van der Waals surface area contributed by atoms with Gasteiger partial charge in [-0.1, -0.05) is 31.2 Å². The molecule has 0 radical (unpaired) electrons. The summed E-state index contributed by atoms with van der Waals surface area (Å²) in [5.41, 5.74) is 3.02. The molecule has 1 atom stereocenters. The third kappa shape index (κ3) is 5.61. The van der Waals surface area contributed by atoms with Gasteiger partial charge in [-0.05, 0) is 55.9 Å². The van der Waals surface area contributed by atoms with Crippen molar-refractivity contribution >= 4 is 5.91 Å². The van der Waals surface area contributed by atoms with Crippen LogP contribution in [0.2, 0.25) is 0 Å². The number of nitrogens with zero attached hydrogens (tertiary/aromatic N) is 2. The van der Waals surface area contributed by atoms with E-state index in [1.54, 1.807) is 24.3 Å². The summed E-state index contributed by atoms with van der Waals surface area (Å²) in [7, 11) is 4.00. The highest BCUT2D eigenvalue weighted by Crippen LogP contribution is 2.18. The smallest absolute Gasteiger partial charge is 0.258 e. The first-order chi connectivity index (χ1) is 12.5. The van der Waals surface area contributed by atoms with Crippen LogP contribution in [-0.2, 0) is 11.2 Å². The average Bonchev–Trinajstić information content (AvgIpc) is 2.67. The van der Waals surface area contributed by atoms with Gasteiger partial charge in [-0.25, -0.2) is 0 Å². The number of nitriles is 1. The van der Waals surface area contributed by atoms with Gasteiger partial charge in [-0.15, -0.1) is 0 Å². The van der Waals surface area contributed by atoms with Crippen LogP contribution in [0.15, 0.2) is 48.5 Å². The SMILES string of the molecule is CCc1ccc(C(CNC(=O)COc2ccc(C#N)cc2)N(C)C)cc1. The van der Waals surface area contributed by atoms with E-state index in [0.717, 1.165) is 6.42 Å². The number of benzene rings is 2. The number of carbonyl (C=O) groups is 1. The molecule has 0 heterocycles. The summed E-state index contributed by atoms with van der Waals surface area (Å²) in [5.74, 6) is 0.393. The van der Waals surface area contributed by atoms with Crippen molar-refractivity contribution in [2.45, 2.75) is 19.4 Å². The molecule has 1 unspecified atom stereocenters. The summed E-state index contributed by atoms with van der Waals surface area (Å²) in [6.07, 6.45) is 1.01. The number of likely N-dealkylation sites (N-methyl/N-ethyl adjacent to an activating group) is 1. The van der Waals surface area contributed by atoms with Crippen molar-refractivity contribution in [1.29, 1.82) is 5.26 Å². The van der Waals surface area contributed by atoms with Crippen LogP contribution in [-0.4, -0.2) is 38.1 Å². The standard InChI is InChI=1S/C21H25N3O2/c1-4-16-5-9-18(10-6-16)20(24(2)3)14-23-21(25)15-26-19-11-7-17(13-22)8-12-19/h5-12,20H,4,14-15H2,1-3H3,(H,23,25). The van der Waals surface area contributed by atoms with E-state index >= 15 is 0 Å². The first-order valence-electron chi connectivity index (χ1n) is 8.68. The van der Waals surface area contributed by atoms with Gasteiger partial charge in [0.1, 0.15) is 5.75 Å². The lowest BCUT2D eigenvalue weighted by atomic mass is 10.0. The summed E-state index contributed by atoms with van der Waals surface area (Å²) in [4.78, 5) is 14.2. The normalized spacial score (nSPS) is 11.7. The first-order valence-corrected chi connectivity index (χ1v) is 8.68. The molecule has 0 aromatic heterocycles. The number of carbonyl (C=O) groups excluding carboxylic acids is 1. The number of rotatable bonds is 8. The second kappa shape index (κ2) is 9.59. The Morgan fingerprint density at radius 3 is 2.35 bits per heavy atom. The van der Waals surface area contributed by atoms with E-state index in [1.807, 2.05) is 20.2 Å². The Labute approximate surface area is 155 Å². The predicted octanol–water partition coefficient (Wildman–Crippen LogP) is 2.92. The van der Waals surface area contributed by atoms with Crippen LogP contribution in [0.5, 0.6) is 5.75 Å². The molecule has 2 rings (SSSR count). The molecule has 5 heteroatoms. The predicted molar refractivity (Wildman–Crippen MR) is 102 cm³/mol. The molecule has 0 saturated carbocycles. The van der Waals surface area contributed by atoms with Gasteiger partial charge in [0.15, 0.2) is 6.61 Å². The number of amides is 1. The third-order valence-electron chi connectivity index (χ3n) is 4.24. The van der Waals surface area contributed by atoms with Crippen LogP contribution in [0.1, 0.15) is 29.7 Å². The maximum atomic E-state index is 12.1. The monoisotopic (exact) mass is 351 g/mol. The van der Waals surface area contributed by atoms with Crippen molar-refractivity contribution in [2.24, 2.45) is 0 Å². The molecular formula is C21H25N3O2. The van der Waals surface area contributed by atoms with E-state index in [2.05, 4.69) is 41.4 Å². The zero-order valence-electron chi connectivity index (χ0n) is 15.5. The zero-order valence-corrected chi connectivity index (χ0v) is 15.5. The Bertz CT molecular complexity index is 746. The number of ether oxygens (including phenoxy) is 1. The fraction of sp³-hybridized carbons (Fsp3) is 0.333. The fourth-order valence-electron chi connectivity index (χ4n) is 2.61. The Balaban J connectivity index is 1.87. The van der Waals surface area contributed by atoms with Crippen molar-refractivity contribution in [3.05, 3.63) is 65.2 Å². The number of hydrogen-bond donors (Lipinski definition) is 1. The van der Waals surface area contributed by atoms with Crippen LogP contribution in [0, 0.1) is 11.3 Å². The number of nitrogens with one attached hydrogen (secondary N) is 1. The van der Waals surface area contributed by atoms with Crippen LogP contribution in [0.25, 0.3) is 0 Å². The summed E-state index contributed by atoms with van der Waals surface area (Å²) in [6.45, 7) is 2.58. The van der Waals surface area contributed by atoms with E-state index in [4.69, 9.17) is 10.00 Å². The van der Waals surface area contributed by atoms with Gasteiger partial charge in [0.2, 0.25) is 0 Å². The minimum Gasteiger partial charge on any atom is -0.484 e. The Morgan fingerprint density at radius 1 is 1.15 bits per heavy atom. The van der Waals surface area contributed by atoms with Crippen molar-refractivity contribution in [3.63, 3.8) is 0 Å². The van der Waals surface area contributed by atoms with Gasteiger partial charge in [0, 0.05) is 6.54 Å². The molecule has 0 bridgehead atoms. The molecule has 0 aliphatic rings. The molecule has 0 spiro atoms. The van der Waals surface area contributed by atoms with Gasteiger partial charge in [0.05, 0.1) is 17.7 Å². The summed E-state index contributed by atoms with van der Waals surface area (Å²) < 4.78 is 5.46. The fourth-order valence-corrected chi connectivity index (χ4v) is 2.61. The lowest BCUT2D eigenvalue weighted by Crippen LogP contribution is -2.36. The van der Waals surface area contributed by atoms with E-state index in [-0.39, 0.29) is 18.6 Å². The molecule has 0 saturated heterocycles. The summed E-state index contributed by atoms with van der Waals surface area (Å²) >= 11 is 0. The number of hydrogen-bond acceptors (Lipinski definition) is 4. The summed E-state index contributed by atoms with van der Waals surface area (Å²) in [6, 6.07) is 17.3. The topological polar surface area (TPSA) is 65.4 Å². The Kier molecular flexibility index (Phi) is 7.19.